The molecule has 0 unspecified atom stereocenters. The van der Waals surface area contributed by atoms with Crippen molar-refractivity contribution in [3.05, 3.63) is 88.0 Å². The zero-order valence-corrected chi connectivity index (χ0v) is 19.0. The number of nitrogens with one attached hydrogen (secondary N) is 2. The first kappa shape index (κ1) is 22.3. The number of aromatic nitrogens is 1. The van der Waals surface area contributed by atoms with Crippen molar-refractivity contribution in [1.29, 1.82) is 0 Å². The molecule has 0 atom stereocenters. The smallest absolute Gasteiger partial charge is 0.311 e. The summed E-state index contributed by atoms with van der Waals surface area (Å²) in [6, 6.07) is 19.9. The number of amides is 1. The van der Waals surface area contributed by atoms with E-state index in [9.17, 15) is 14.9 Å². The second kappa shape index (κ2) is 9.72. The second-order valence-electron chi connectivity index (χ2n) is 6.96. The zero-order chi connectivity index (χ0) is 23.4. The minimum Gasteiger partial charge on any atom is -0.490 e. The molecule has 1 heterocycles. The Morgan fingerprint density at radius 3 is 2.61 bits per heavy atom. The molecule has 0 aliphatic heterocycles. The minimum absolute atomic E-state index is 0.0755. The summed E-state index contributed by atoms with van der Waals surface area (Å²) >= 11 is 6.83. The third-order valence-electron chi connectivity index (χ3n) is 4.81. The highest BCUT2D eigenvalue weighted by atomic mass is 32.1. The van der Waals surface area contributed by atoms with Crippen LogP contribution in [0.4, 0.5) is 5.69 Å². The van der Waals surface area contributed by atoms with Gasteiger partial charge < -0.3 is 10.1 Å². The van der Waals surface area contributed by atoms with Crippen LogP contribution in [0.5, 0.6) is 5.75 Å². The number of carbonyl (C=O) groups excluding carboxylic acids is 1. The highest BCUT2D eigenvalue weighted by Gasteiger charge is 2.18. The normalized spacial score (nSPS) is 10.6. The van der Waals surface area contributed by atoms with E-state index in [0.717, 1.165) is 32.4 Å². The molecule has 0 radical (unpaired) electrons. The number of para-hydroxylation sites is 1. The number of ether oxygens (including phenoxy) is 1. The van der Waals surface area contributed by atoms with Crippen LogP contribution in [-0.2, 0) is 6.54 Å². The zero-order valence-electron chi connectivity index (χ0n) is 17.4. The first-order valence-electron chi connectivity index (χ1n) is 9.81. The van der Waals surface area contributed by atoms with Crippen LogP contribution in [0, 0.1) is 10.1 Å². The molecular weight excluding hydrogens is 460 g/mol. The number of hydrogen-bond acceptors (Lipinski definition) is 7. The number of nitro groups is 1. The van der Waals surface area contributed by atoms with Crippen molar-refractivity contribution in [3.8, 4) is 16.3 Å². The Labute approximate surface area is 198 Å². The van der Waals surface area contributed by atoms with Crippen LogP contribution in [-0.4, -0.2) is 28.0 Å². The van der Waals surface area contributed by atoms with Gasteiger partial charge in [-0.15, -0.1) is 11.3 Å². The Morgan fingerprint density at radius 1 is 1.15 bits per heavy atom. The van der Waals surface area contributed by atoms with Gasteiger partial charge in [-0.2, -0.15) is 0 Å². The average Bonchev–Trinajstić information content (AvgIpc) is 3.27. The lowest BCUT2D eigenvalue weighted by Gasteiger charge is -2.10. The summed E-state index contributed by atoms with van der Waals surface area (Å²) in [6.45, 7) is 0.405. The highest BCUT2D eigenvalue weighted by Crippen LogP contribution is 2.30. The Morgan fingerprint density at radius 2 is 1.91 bits per heavy atom. The minimum atomic E-state index is -0.607. The Balaban J connectivity index is 1.35. The highest BCUT2D eigenvalue weighted by molar-refractivity contribution is 7.80. The molecule has 0 saturated carbocycles. The van der Waals surface area contributed by atoms with E-state index in [1.165, 1.54) is 19.2 Å². The first-order chi connectivity index (χ1) is 15.9. The summed E-state index contributed by atoms with van der Waals surface area (Å²) in [5.41, 5.74) is 2.78. The SMILES string of the molecule is COc1ccc(C(=O)NC(=S)NCc2ccc(-c3nc4ccccc4s3)cc2)cc1[N+](=O)[O-]. The second-order valence-corrected chi connectivity index (χ2v) is 8.40. The van der Waals surface area contributed by atoms with Crippen LogP contribution in [0.25, 0.3) is 20.8 Å². The van der Waals surface area contributed by atoms with E-state index < -0.39 is 10.8 Å². The molecular formula is C23H18N4O4S2. The molecule has 0 aliphatic carbocycles. The number of hydrogen-bond donors (Lipinski definition) is 2. The van der Waals surface area contributed by atoms with Crippen LogP contribution < -0.4 is 15.4 Å². The van der Waals surface area contributed by atoms with Crippen LogP contribution in [0.3, 0.4) is 0 Å². The summed E-state index contributed by atoms with van der Waals surface area (Å²) in [5, 5.41) is 17.7. The molecule has 10 heteroatoms. The largest absolute Gasteiger partial charge is 0.490 e. The fourth-order valence-corrected chi connectivity index (χ4v) is 4.27. The van der Waals surface area contributed by atoms with E-state index in [0.29, 0.717) is 6.54 Å². The van der Waals surface area contributed by atoms with E-state index in [2.05, 4.69) is 15.6 Å². The fraction of sp³-hybridized carbons (Fsp3) is 0.0870. The van der Waals surface area contributed by atoms with Crippen LogP contribution in [0.1, 0.15) is 15.9 Å². The van der Waals surface area contributed by atoms with Crippen molar-refractivity contribution >= 4 is 50.5 Å². The number of methoxy groups -OCH3 is 1. The van der Waals surface area contributed by atoms with Crippen LogP contribution in [0.2, 0.25) is 0 Å². The maximum atomic E-state index is 12.4. The molecule has 4 rings (SSSR count). The molecule has 0 aliphatic rings. The van der Waals surface area contributed by atoms with Crippen molar-refractivity contribution in [1.82, 2.24) is 15.6 Å². The van der Waals surface area contributed by atoms with E-state index in [4.69, 9.17) is 17.0 Å². The third kappa shape index (κ3) is 5.13. The number of fused-ring (bicyclic) bond motifs is 1. The number of thiocarbonyl (C=S) groups is 1. The molecule has 3 aromatic carbocycles. The monoisotopic (exact) mass is 478 g/mol. The molecule has 0 bridgehead atoms. The van der Waals surface area contributed by atoms with E-state index in [1.54, 1.807) is 11.3 Å². The first-order valence-corrected chi connectivity index (χ1v) is 11.0. The van der Waals surface area contributed by atoms with Gasteiger partial charge in [0.25, 0.3) is 5.91 Å². The Hall–Kier alpha value is -3.89. The molecule has 4 aromatic rings. The van der Waals surface area contributed by atoms with Gasteiger partial charge in [0.1, 0.15) is 5.01 Å². The van der Waals surface area contributed by atoms with Gasteiger partial charge >= 0.3 is 5.69 Å². The van der Waals surface area contributed by atoms with Crippen molar-refractivity contribution in [2.75, 3.05) is 7.11 Å². The lowest BCUT2D eigenvalue weighted by atomic mass is 10.1. The quantitative estimate of drug-likeness (QED) is 0.235. The maximum absolute atomic E-state index is 12.4. The van der Waals surface area contributed by atoms with Gasteiger partial charge in [0.15, 0.2) is 10.9 Å². The van der Waals surface area contributed by atoms with Crippen molar-refractivity contribution < 1.29 is 14.5 Å². The van der Waals surface area contributed by atoms with Crippen molar-refractivity contribution in [2.24, 2.45) is 0 Å². The predicted molar refractivity (Wildman–Crippen MR) is 132 cm³/mol. The van der Waals surface area contributed by atoms with Crippen molar-refractivity contribution in [3.63, 3.8) is 0 Å². The lowest BCUT2D eigenvalue weighted by molar-refractivity contribution is -0.385. The van der Waals surface area contributed by atoms with Gasteiger partial charge in [0, 0.05) is 23.7 Å². The lowest BCUT2D eigenvalue weighted by Crippen LogP contribution is -2.38. The van der Waals surface area contributed by atoms with Gasteiger partial charge in [-0.1, -0.05) is 36.4 Å². The standard InChI is InChI=1S/C23H18N4O4S2/c1-31-19-11-10-16(12-18(19)27(29)30)21(28)26-23(32)24-13-14-6-8-15(9-7-14)22-25-17-4-2-3-5-20(17)33-22/h2-12H,13H2,1H3,(H2,24,26,28,32). The number of rotatable bonds is 6. The Bertz CT molecular complexity index is 1320. The topological polar surface area (TPSA) is 106 Å². The summed E-state index contributed by atoms with van der Waals surface area (Å²) in [4.78, 5) is 27.6. The molecule has 8 nitrogen and oxygen atoms in total. The molecule has 33 heavy (non-hydrogen) atoms. The summed E-state index contributed by atoms with van der Waals surface area (Å²) in [7, 11) is 1.33. The maximum Gasteiger partial charge on any atom is 0.311 e. The Kier molecular flexibility index (Phi) is 6.57. The molecule has 1 aromatic heterocycles. The number of benzene rings is 3. The van der Waals surface area contributed by atoms with Gasteiger partial charge in [0.2, 0.25) is 0 Å². The molecule has 0 saturated heterocycles. The van der Waals surface area contributed by atoms with Crippen molar-refractivity contribution in [2.45, 2.75) is 6.54 Å². The fourth-order valence-electron chi connectivity index (χ4n) is 3.14. The van der Waals surface area contributed by atoms with E-state index in [1.807, 2.05) is 48.5 Å². The average molecular weight is 479 g/mol. The summed E-state index contributed by atoms with van der Waals surface area (Å²) in [6.07, 6.45) is 0. The van der Waals surface area contributed by atoms with Gasteiger partial charge in [-0.3, -0.25) is 20.2 Å². The third-order valence-corrected chi connectivity index (χ3v) is 6.14. The van der Waals surface area contributed by atoms with E-state index >= 15 is 0 Å². The van der Waals surface area contributed by atoms with Crippen LogP contribution >= 0.6 is 23.6 Å². The molecule has 2 N–H and O–H groups in total. The molecule has 1 amide bonds. The van der Waals surface area contributed by atoms with Gasteiger partial charge in [-0.05, 0) is 42.0 Å². The number of carbonyl (C=O) groups is 1. The van der Waals surface area contributed by atoms with Gasteiger partial charge in [0.05, 0.1) is 22.2 Å². The number of nitro benzene ring substituents is 1. The van der Waals surface area contributed by atoms with E-state index in [-0.39, 0.29) is 22.1 Å². The van der Waals surface area contributed by atoms with Gasteiger partial charge in [-0.25, -0.2) is 4.98 Å². The molecule has 0 spiro atoms. The number of nitrogens with zero attached hydrogens (tertiary/aromatic N) is 2. The van der Waals surface area contributed by atoms with Crippen LogP contribution in [0.15, 0.2) is 66.7 Å². The predicted octanol–water partition coefficient (Wildman–Crippen LogP) is 4.68. The summed E-state index contributed by atoms with van der Waals surface area (Å²) in [5.74, 6) is -0.476. The molecule has 0 fully saturated rings. The number of thiazole rings is 1. The summed E-state index contributed by atoms with van der Waals surface area (Å²) < 4.78 is 6.09. The molecule has 166 valence electrons.